The number of nitrogens with zero attached hydrogens (tertiary/aromatic N) is 1. The third kappa shape index (κ3) is 2.35. The summed E-state index contributed by atoms with van der Waals surface area (Å²) < 4.78 is 23.9. The van der Waals surface area contributed by atoms with Gasteiger partial charge in [-0.2, -0.15) is 4.98 Å². The van der Waals surface area contributed by atoms with Crippen LogP contribution in [0.25, 0.3) is 11.1 Å². The summed E-state index contributed by atoms with van der Waals surface area (Å²) in [5.41, 5.74) is 1.94. The molecule has 1 heterocycles. The number of aromatic nitrogens is 1. The van der Waals surface area contributed by atoms with E-state index in [0.29, 0.717) is 23.0 Å². The summed E-state index contributed by atoms with van der Waals surface area (Å²) in [7, 11) is 1.48. The van der Waals surface area contributed by atoms with Gasteiger partial charge in [0.2, 0.25) is 0 Å². The summed E-state index contributed by atoms with van der Waals surface area (Å²) in [6.45, 7) is 0. The minimum Gasteiger partial charge on any atom is -0.497 e. The molecule has 0 unspecified atom stereocenters. The topological polar surface area (TPSA) is 47.3 Å². The van der Waals surface area contributed by atoms with Gasteiger partial charge in [0.25, 0.3) is 6.01 Å². The molecule has 3 aromatic rings. The highest BCUT2D eigenvalue weighted by Crippen LogP contribution is 2.25. The number of hydrogen-bond acceptors (Lipinski definition) is 4. The Kier molecular flexibility index (Phi) is 2.79. The van der Waals surface area contributed by atoms with Gasteiger partial charge >= 0.3 is 0 Å². The maximum absolute atomic E-state index is 13.4. The SMILES string of the molecule is COc1cc(F)cc(Nc2nc3ccccc3o2)c1. The smallest absolute Gasteiger partial charge is 0.300 e. The number of rotatable bonds is 3. The van der Waals surface area contributed by atoms with Gasteiger partial charge in [-0.25, -0.2) is 4.39 Å². The third-order valence-electron chi connectivity index (χ3n) is 2.65. The van der Waals surface area contributed by atoms with Crippen LogP contribution in [0.5, 0.6) is 5.75 Å². The molecule has 19 heavy (non-hydrogen) atoms. The zero-order valence-electron chi connectivity index (χ0n) is 10.2. The number of benzene rings is 2. The molecule has 96 valence electrons. The van der Waals surface area contributed by atoms with Crippen molar-refractivity contribution in [1.82, 2.24) is 4.98 Å². The molecule has 0 atom stereocenters. The second-order valence-corrected chi connectivity index (χ2v) is 3.99. The molecule has 5 heteroatoms. The van der Waals surface area contributed by atoms with Crippen LogP contribution in [-0.2, 0) is 0 Å². The summed E-state index contributed by atoms with van der Waals surface area (Å²) in [5.74, 6) is 0.0385. The molecule has 1 N–H and O–H groups in total. The lowest BCUT2D eigenvalue weighted by Crippen LogP contribution is -1.93. The number of para-hydroxylation sites is 2. The van der Waals surface area contributed by atoms with E-state index in [1.807, 2.05) is 24.3 Å². The van der Waals surface area contributed by atoms with E-state index >= 15 is 0 Å². The quantitative estimate of drug-likeness (QED) is 0.777. The predicted molar refractivity (Wildman–Crippen MR) is 70.2 cm³/mol. The second kappa shape index (κ2) is 4.61. The average Bonchev–Trinajstić information content (AvgIpc) is 2.80. The van der Waals surface area contributed by atoms with E-state index in [1.54, 1.807) is 6.07 Å². The Morgan fingerprint density at radius 3 is 2.84 bits per heavy atom. The van der Waals surface area contributed by atoms with Crippen LogP contribution in [0.4, 0.5) is 16.1 Å². The highest BCUT2D eigenvalue weighted by atomic mass is 19.1. The lowest BCUT2D eigenvalue weighted by Gasteiger charge is -2.05. The Morgan fingerprint density at radius 1 is 1.21 bits per heavy atom. The highest BCUT2D eigenvalue weighted by Gasteiger charge is 2.07. The zero-order valence-corrected chi connectivity index (χ0v) is 10.2. The van der Waals surface area contributed by atoms with Crippen LogP contribution < -0.4 is 10.1 Å². The maximum Gasteiger partial charge on any atom is 0.300 e. The molecule has 0 amide bonds. The van der Waals surface area contributed by atoms with Crippen molar-refractivity contribution in [3.63, 3.8) is 0 Å². The van der Waals surface area contributed by atoms with Gasteiger partial charge < -0.3 is 14.5 Å². The fraction of sp³-hybridized carbons (Fsp3) is 0.0714. The van der Waals surface area contributed by atoms with Gasteiger partial charge in [0.1, 0.15) is 17.1 Å². The largest absolute Gasteiger partial charge is 0.497 e. The highest BCUT2D eigenvalue weighted by molar-refractivity contribution is 5.75. The van der Waals surface area contributed by atoms with Crippen LogP contribution in [0.3, 0.4) is 0 Å². The summed E-state index contributed by atoms with van der Waals surface area (Å²) in [4.78, 5) is 4.25. The van der Waals surface area contributed by atoms with Gasteiger partial charge in [0.05, 0.1) is 7.11 Å². The van der Waals surface area contributed by atoms with Crippen molar-refractivity contribution in [2.75, 3.05) is 12.4 Å². The van der Waals surface area contributed by atoms with Crippen LogP contribution >= 0.6 is 0 Å². The zero-order chi connectivity index (χ0) is 13.2. The number of halogens is 1. The normalized spacial score (nSPS) is 10.6. The molecule has 3 rings (SSSR count). The van der Waals surface area contributed by atoms with Gasteiger partial charge in [-0.3, -0.25) is 0 Å². The van der Waals surface area contributed by atoms with E-state index < -0.39 is 5.82 Å². The van der Waals surface area contributed by atoms with Crippen molar-refractivity contribution in [3.05, 3.63) is 48.3 Å². The minimum atomic E-state index is -0.391. The molecular weight excluding hydrogens is 247 g/mol. The summed E-state index contributed by atoms with van der Waals surface area (Å²) in [6.07, 6.45) is 0. The monoisotopic (exact) mass is 258 g/mol. The van der Waals surface area contributed by atoms with E-state index in [0.717, 1.165) is 5.52 Å². The molecule has 1 aromatic heterocycles. The Bertz CT molecular complexity index is 691. The standard InChI is InChI=1S/C14H11FN2O2/c1-18-11-7-9(15)6-10(8-11)16-14-17-12-4-2-3-5-13(12)19-14/h2-8H,1H3,(H,16,17). The van der Waals surface area contributed by atoms with Crippen molar-refractivity contribution >= 4 is 22.8 Å². The van der Waals surface area contributed by atoms with E-state index in [4.69, 9.17) is 9.15 Å². The first-order valence-electron chi connectivity index (χ1n) is 5.72. The Balaban J connectivity index is 1.94. The molecular formula is C14H11FN2O2. The number of nitrogens with one attached hydrogen (secondary N) is 1. The van der Waals surface area contributed by atoms with E-state index in [2.05, 4.69) is 10.3 Å². The number of methoxy groups -OCH3 is 1. The van der Waals surface area contributed by atoms with E-state index in [9.17, 15) is 4.39 Å². The van der Waals surface area contributed by atoms with Crippen molar-refractivity contribution in [3.8, 4) is 5.75 Å². The lowest BCUT2D eigenvalue weighted by molar-refractivity contribution is 0.411. The first-order chi connectivity index (χ1) is 9.24. The van der Waals surface area contributed by atoms with Crippen molar-refractivity contribution in [2.45, 2.75) is 0 Å². The lowest BCUT2D eigenvalue weighted by atomic mass is 10.3. The number of fused-ring (bicyclic) bond motifs is 1. The molecule has 0 saturated heterocycles. The molecule has 0 spiro atoms. The summed E-state index contributed by atoms with van der Waals surface area (Å²) in [6, 6.07) is 12.0. The maximum atomic E-state index is 13.4. The van der Waals surface area contributed by atoms with Crippen LogP contribution in [0, 0.1) is 5.82 Å². The minimum absolute atomic E-state index is 0.314. The van der Waals surface area contributed by atoms with Gasteiger partial charge in [-0.1, -0.05) is 12.1 Å². The molecule has 0 aliphatic rings. The first kappa shape index (κ1) is 11.5. The van der Waals surface area contributed by atoms with Gasteiger partial charge in [0, 0.05) is 17.8 Å². The van der Waals surface area contributed by atoms with E-state index in [-0.39, 0.29) is 0 Å². The predicted octanol–water partition coefficient (Wildman–Crippen LogP) is 3.72. The molecule has 2 aromatic carbocycles. The molecule has 0 aliphatic heterocycles. The van der Waals surface area contributed by atoms with Crippen molar-refractivity contribution < 1.29 is 13.5 Å². The molecule has 0 radical (unpaired) electrons. The number of oxazole rings is 1. The molecule has 0 bridgehead atoms. The Hall–Kier alpha value is -2.56. The van der Waals surface area contributed by atoms with Gasteiger partial charge in [-0.05, 0) is 18.2 Å². The molecule has 4 nitrogen and oxygen atoms in total. The van der Waals surface area contributed by atoms with E-state index in [1.165, 1.54) is 19.2 Å². The Morgan fingerprint density at radius 2 is 2.05 bits per heavy atom. The molecule has 0 fully saturated rings. The van der Waals surface area contributed by atoms with Crippen LogP contribution in [-0.4, -0.2) is 12.1 Å². The average molecular weight is 258 g/mol. The fourth-order valence-electron chi connectivity index (χ4n) is 1.80. The van der Waals surface area contributed by atoms with Crippen LogP contribution in [0.2, 0.25) is 0 Å². The second-order valence-electron chi connectivity index (χ2n) is 3.99. The molecule has 0 aliphatic carbocycles. The van der Waals surface area contributed by atoms with Crippen molar-refractivity contribution in [2.24, 2.45) is 0 Å². The summed E-state index contributed by atoms with van der Waals surface area (Å²) >= 11 is 0. The van der Waals surface area contributed by atoms with Gasteiger partial charge in [0.15, 0.2) is 5.58 Å². The first-order valence-corrected chi connectivity index (χ1v) is 5.72. The number of anilines is 2. The van der Waals surface area contributed by atoms with Gasteiger partial charge in [-0.15, -0.1) is 0 Å². The Labute approximate surface area is 108 Å². The number of ether oxygens (including phenoxy) is 1. The summed E-state index contributed by atoms with van der Waals surface area (Å²) in [5, 5.41) is 2.91. The van der Waals surface area contributed by atoms with Crippen molar-refractivity contribution in [1.29, 1.82) is 0 Å². The number of hydrogen-bond donors (Lipinski definition) is 1. The fourth-order valence-corrected chi connectivity index (χ4v) is 1.80. The van der Waals surface area contributed by atoms with Crippen LogP contribution in [0.1, 0.15) is 0 Å². The van der Waals surface area contributed by atoms with Crippen LogP contribution in [0.15, 0.2) is 46.9 Å². The molecule has 0 saturated carbocycles. The third-order valence-corrected chi connectivity index (χ3v) is 2.65.